The fraction of sp³-hybridized carbons (Fsp3) is 0.125. The molecule has 0 bridgehead atoms. The topological polar surface area (TPSA) is 52.2 Å². The SMILES string of the molecule is O=C([O-])Nc1ccc(C(F)(F)F)c(F)c1. The van der Waals surface area contributed by atoms with Crippen LogP contribution in [0, 0.1) is 5.82 Å². The van der Waals surface area contributed by atoms with Crippen LogP contribution in [0.4, 0.5) is 28.0 Å². The molecule has 0 spiro atoms. The Morgan fingerprint density at radius 3 is 2.33 bits per heavy atom. The van der Waals surface area contributed by atoms with Gasteiger partial charge in [-0.2, -0.15) is 13.2 Å². The van der Waals surface area contributed by atoms with Crippen molar-refractivity contribution in [2.75, 3.05) is 5.32 Å². The Morgan fingerprint density at radius 2 is 1.93 bits per heavy atom. The number of benzene rings is 1. The van der Waals surface area contributed by atoms with Crippen molar-refractivity contribution in [1.82, 2.24) is 0 Å². The molecular weight excluding hydrogens is 218 g/mol. The minimum atomic E-state index is -4.80. The molecule has 1 aromatic rings. The number of carboxylic acid groups (broad SMARTS) is 1. The molecule has 15 heavy (non-hydrogen) atoms. The number of halogens is 4. The molecular formula is C8H4F4NO2-. The van der Waals surface area contributed by atoms with E-state index in [2.05, 4.69) is 0 Å². The Kier molecular flexibility index (Phi) is 2.83. The van der Waals surface area contributed by atoms with Gasteiger partial charge in [-0.05, 0) is 18.2 Å². The van der Waals surface area contributed by atoms with Gasteiger partial charge in [0.05, 0.1) is 5.56 Å². The average Bonchev–Trinajstić information content (AvgIpc) is 1.99. The Labute approximate surface area is 81.3 Å². The van der Waals surface area contributed by atoms with E-state index in [1.54, 1.807) is 5.32 Å². The number of carbonyl (C=O) groups excluding carboxylic acids is 1. The van der Waals surface area contributed by atoms with Crippen molar-refractivity contribution in [3.8, 4) is 0 Å². The molecule has 0 aliphatic rings. The van der Waals surface area contributed by atoms with Crippen molar-refractivity contribution in [3.05, 3.63) is 29.6 Å². The first-order valence-electron chi connectivity index (χ1n) is 3.65. The maximum atomic E-state index is 12.8. The van der Waals surface area contributed by atoms with E-state index in [0.717, 1.165) is 6.07 Å². The summed E-state index contributed by atoms with van der Waals surface area (Å²) < 4.78 is 49.0. The molecule has 82 valence electrons. The van der Waals surface area contributed by atoms with Crippen LogP contribution < -0.4 is 10.4 Å². The maximum absolute atomic E-state index is 12.8. The monoisotopic (exact) mass is 222 g/mol. The van der Waals surface area contributed by atoms with Gasteiger partial charge in [-0.3, -0.25) is 0 Å². The second-order valence-corrected chi connectivity index (χ2v) is 2.60. The highest BCUT2D eigenvalue weighted by molar-refractivity contribution is 5.81. The normalized spacial score (nSPS) is 11.2. The van der Waals surface area contributed by atoms with E-state index in [-0.39, 0.29) is 5.69 Å². The van der Waals surface area contributed by atoms with E-state index in [1.807, 2.05) is 0 Å². The highest BCUT2D eigenvalue weighted by atomic mass is 19.4. The molecule has 0 radical (unpaired) electrons. The van der Waals surface area contributed by atoms with E-state index >= 15 is 0 Å². The van der Waals surface area contributed by atoms with Crippen molar-refractivity contribution in [2.45, 2.75) is 6.18 Å². The zero-order valence-electron chi connectivity index (χ0n) is 7.06. The number of carbonyl (C=O) groups is 1. The molecule has 0 aliphatic heterocycles. The van der Waals surface area contributed by atoms with E-state index in [9.17, 15) is 27.5 Å². The van der Waals surface area contributed by atoms with Crippen molar-refractivity contribution in [2.24, 2.45) is 0 Å². The molecule has 0 aliphatic carbocycles. The van der Waals surface area contributed by atoms with Gasteiger partial charge in [-0.25, -0.2) is 4.39 Å². The molecule has 0 aromatic heterocycles. The number of alkyl halides is 3. The molecule has 0 heterocycles. The summed E-state index contributed by atoms with van der Waals surface area (Å²) in [6.07, 6.45) is -6.53. The number of hydrogen-bond acceptors (Lipinski definition) is 2. The van der Waals surface area contributed by atoms with Crippen molar-refractivity contribution in [3.63, 3.8) is 0 Å². The van der Waals surface area contributed by atoms with Crippen LogP contribution in [-0.4, -0.2) is 6.09 Å². The summed E-state index contributed by atoms with van der Waals surface area (Å²) in [5.74, 6) is -1.55. The molecule has 0 saturated heterocycles. The fourth-order valence-electron chi connectivity index (χ4n) is 0.941. The highest BCUT2D eigenvalue weighted by Crippen LogP contribution is 2.32. The third kappa shape index (κ3) is 2.83. The van der Waals surface area contributed by atoms with Gasteiger partial charge in [0.2, 0.25) is 0 Å². The van der Waals surface area contributed by atoms with Gasteiger partial charge < -0.3 is 15.2 Å². The minimum absolute atomic E-state index is 0.319. The summed E-state index contributed by atoms with van der Waals surface area (Å²) in [5.41, 5.74) is -1.77. The molecule has 1 amide bonds. The average molecular weight is 222 g/mol. The molecule has 0 saturated carbocycles. The second-order valence-electron chi connectivity index (χ2n) is 2.60. The molecule has 0 unspecified atom stereocenters. The van der Waals surface area contributed by atoms with Crippen molar-refractivity contribution in [1.29, 1.82) is 0 Å². The largest absolute Gasteiger partial charge is 0.530 e. The van der Waals surface area contributed by atoms with Crippen LogP contribution in [0.25, 0.3) is 0 Å². The fourth-order valence-corrected chi connectivity index (χ4v) is 0.941. The summed E-state index contributed by atoms with van der Waals surface area (Å²) >= 11 is 0. The molecule has 0 fully saturated rings. The maximum Gasteiger partial charge on any atom is 0.419 e. The molecule has 1 aromatic carbocycles. The second kappa shape index (κ2) is 3.76. The zero-order chi connectivity index (χ0) is 11.6. The third-order valence-corrected chi connectivity index (χ3v) is 1.52. The molecule has 0 atom stereocenters. The van der Waals surface area contributed by atoms with Gasteiger partial charge in [0.15, 0.2) is 0 Å². The molecule has 1 N–H and O–H groups in total. The Morgan fingerprint density at radius 1 is 1.33 bits per heavy atom. The lowest BCUT2D eigenvalue weighted by Gasteiger charge is -2.10. The Hall–Kier alpha value is -1.79. The molecule has 7 heteroatoms. The predicted molar refractivity (Wildman–Crippen MR) is 40.4 cm³/mol. The number of nitrogens with one attached hydrogen (secondary N) is 1. The van der Waals surface area contributed by atoms with Gasteiger partial charge in [-0.1, -0.05) is 0 Å². The molecule has 3 nitrogen and oxygen atoms in total. The van der Waals surface area contributed by atoms with E-state index in [1.165, 1.54) is 0 Å². The molecule has 1 rings (SSSR count). The van der Waals surface area contributed by atoms with E-state index in [4.69, 9.17) is 0 Å². The summed E-state index contributed by atoms with van der Waals surface area (Å²) in [4.78, 5) is 9.99. The van der Waals surface area contributed by atoms with Crippen LogP contribution >= 0.6 is 0 Å². The van der Waals surface area contributed by atoms with Crippen LogP contribution in [0.1, 0.15) is 5.56 Å². The van der Waals surface area contributed by atoms with Crippen molar-refractivity contribution < 1.29 is 27.5 Å². The van der Waals surface area contributed by atoms with Crippen LogP contribution in [0.5, 0.6) is 0 Å². The number of rotatable bonds is 1. The van der Waals surface area contributed by atoms with Gasteiger partial charge in [0.1, 0.15) is 11.9 Å². The van der Waals surface area contributed by atoms with Crippen LogP contribution in [0.2, 0.25) is 0 Å². The first-order valence-corrected chi connectivity index (χ1v) is 3.65. The van der Waals surface area contributed by atoms with Crippen molar-refractivity contribution >= 4 is 11.8 Å². The quantitative estimate of drug-likeness (QED) is 0.733. The Bertz CT molecular complexity index is 389. The van der Waals surface area contributed by atoms with E-state index in [0.29, 0.717) is 12.1 Å². The van der Waals surface area contributed by atoms with E-state index < -0.39 is 23.7 Å². The standard InChI is InChI=1S/C8H5F4NO2/c9-6-3-4(13-7(14)15)1-2-5(6)8(10,11)12/h1-3,13H,(H,14,15)/p-1. The summed E-state index contributed by atoms with van der Waals surface area (Å²) in [7, 11) is 0. The lowest BCUT2D eigenvalue weighted by molar-refractivity contribution is -0.242. The van der Waals surface area contributed by atoms with Crippen LogP contribution in [0.3, 0.4) is 0 Å². The number of anilines is 1. The van der Waals surface area contributed by atoms with Gasteiger partial charge in [0.25, 0.3) is 0 Å². The minimum Gasteiger partial charge on any atom is -0.530 e. The third-order valence-electron chi connectivity index (χ3n) is 1.52. The highest BCUT2D eigenvalue weighted by Gasteiger charge is 2.33. The predicted octanol–water partition coefficient (Wildman–Crippen LogP) is 1.60. The Balaban J connectivity index is 3.04. The van der Waals surface area contributed by atoms with Crippen LogP contribution in [-0.2, 0) is 6.18 Å². The summed E-state index contributed by atoms with van der Waals surface area (Å²) in [5, 5.41) is 11.6. The van der Waals surface area contributed by atoms with Gasteiger partial charge in [0, 0.05) is 5.69 Å². The van der Waals surface area contributed by atoms with Gasteiger partial charge >= 0.3 is 6.18 Å². The summed E-state index contributed by atoms with van der Waals surface area (Å²) in [6, 6.07) is 1.67. The lowest BCUT2D eigenvalue weighted by Crippen LogP contribution is -2.28. The number of hydrogen-bond donors (Lipinski definition) is 1. The summed E-state index contributed by atoms with van der Waals surface area (Å²) in [6.45, 7) is 0. The lowest BCUT2D eigenvalue weighted by atomic mass is 10.2. The smallest absolute Gasteiger partial charge is 0.419 e. The van der Waals surface area contributed by atoms with Crippen LogP contribution in [0.15, 0.2) is 18.2 Å². The zero-order valence-corrected chi connectivity index (χ0v) is 7.06. The first-order chi connectivity index (χ1) is 6.80. The number of amides is 1. The first kappa shape index (κ1) is 11.3. The van der Waals surface area contributed by atoms with Gasteiger partial charge in [-0.15, -0.1) is 0 Å².